The SMILES string of the molecule is CC.Cc1ccc(C2CCO2)cc1. The summed E-state index contributed by atoms with van der Waals surface area (Å²) >= 11 is 0. The van der Waals surface area contributed by atoms with Gasteiger partial charge in [-0.1, -0.05) is 43.7 Å². The van der Waals surface area contributed by atoms with Crippen LogP contribution < -0.4 is 0 Å². The Morgan fingerprint density at radius 2 is 1.69 bits per heavy atom. The molecule has 0 aliphatic carbocycles. The Labute approximate surface area is 80.7 Å². The normalized spacial score (nSPS) is 19.8. The molecular formula is C12H18O. The highest BCUT2D eigenvalue weighted by molar-refractivity contribution is 5.23. The lowest BCUT2D eigenvalue weighted by Crippen LogP contribution is -2.17. The van der Waals surface area contributed by atoms with Crippen LogP contribution in [0.3, 0.4) is 0 Å². The molecule has 1 unspecified atom stereocenters. The number of rotatable bonds is 1. The Hall–Kier alpha value is -0.820. The standard InChI is InChI=1S/C10H12O.C2H6/c1-8-2-4-9(5-3-8)10-6-7-11-10;1-2/h2-5,10H,6-7H2,1H3;1-2H3. The lowest BCUT2D eigenvalue weighted by molar-refractivity contribution is -0.0527. The van der Waals surface area contributed by atoms with Crippen molar-refractivity contribution in [3.8, 4) is 0 Å². The Kier molecular flexibility index (Phi) is 3.97. The minimum Gasteiger partial charge on any atom is -0.373 e. The molecule has 1 saturated heterocycles. The van der Waals surface area contributed by atoms with Crippen molar-refractivity contribution in [1.29, 1.82) is 0 Å². The van der Waals surface area contributed by atoms with Crippen LogP contribution in [0.4, 0.5) is 0 Å². The van der Waals surface area contributed by atoms with Crippen molar-refractivity contribution in [1.82, 2.24) is 0 Å². The maximum Gasteiger partial charge on any atom is 0.0846 e. The first kappa shape index (κ1) is 10.3. The summed E-state index contributed by atoms with van der Waals surface area (Å²) in [6, 6.07) is 8.58. The van der Waals surface area contributed by atoms with Crippen LogP contribution in [0.15, 0.2) is 24.3 Å². The summed E-state index contributed by atoms with van der Waals surface area (Å²) < 4.78 is 5.36. The fraction of sp³-hybridized carbons (Fsp3) is 0.500. The first-order valence-corrected chi connectivity index (χ1v) is 5.04. The van der Waals surface area contributed by atoms with Crippen LogP contribution in [0.2, 0.25) is 0 Å². The summed E-state index contributed by atoms with van der Waals surface area (Å²) in [4.78, 5) is 0. The molecule has 0 bridgehead atoms. The number of hydrogen-bond donors (Lipinski definition) is 0. The van der Waals surface area contributed by atoms with Gasteiger partial charge in [-0.3, -0.25) is 0 Å². The Morgan fingerprint density at radius 3 is 2.08 bits per heavy atom. The molecule has 1 aromatic carbocycles. The maximum atomic E-state index is 5.36. The fourth-order valence-corrected chi connectivity index (χ4v) is 1.28. The molecule has 0 radical (unpaired) electrons. The minimum atomic E-state index is 0.385. The van der Waals surface area contributed by atoms with E-state index >= 15 is 0 Å². The maximum absolute atomic E-state index is 5.36. The summed E-state index contributed by atoms with van der Waals surface area (Å²) in [5.41, 5.74) is 2.63. The van der Waals surface area contributed by atoms with Gasteiger partial charge >= 0.3 is 0 Å². The van der Waals surface area contributed by atoms with E-state index in [-0.39, 0.29) is 0 Å². The lowest BCUT2D eigenvalue weighted by atomic mass is 10.0. The van der Waals surface area contributed by atoms with Gasteiger partial charge < -0.3 is 4.74 Å². The predicted molar refractivity (Wildman–Crippen MR) is 55.8 cm³/mol. The molecule has 2 rings (SSSR count). The Bertz CT molecular complexity index is 234. The van der Waals surface area contributed by atoms with Gasteiger partial charge in [-0.25, -0.2) is 0 Å². The van der Waals surface area contributed by atoms with Crippen LogP contribution in [0.1, 0.15) is 37.5 Å². The van der Waals surface area contributed by atoms with Gasteiger partial charge in [-0.05, 0) is 12.5 Å². The largest absolute Gasteiger partial charge is 0.373 e. The average molecular weight is 178 g/mol. The van der Waals surface area contributed by atoms with Crippen molar-refractivity contribution in [3.63, 3.8) is 0 Å². The molecule has 0 aromatic heterocycles. The third-order valence-corrected chi connectivity index (χ3v) is 2.15. The van der Waals surface area contributed by atoms with E-state index in [0.29, 0.717) is 6.10 Å². The number of ether oxygens (including phenoxy) is 1. The molecule has 1 heterocycles. The van der Waals surface area contributed by atoms with Crippen molar-refractivity contribution in [2.75, 3.05) is 6.61 Å². The van der Waals surface area contributed by atoms with Crippen LogP contribution in [0.25, 0.3) is 0 Å². The van der Waals surface area contributed by atoms with Gasteiger partial charge in [0.2, 0.25) is 0 Å². The van der Waals surface area contributed by atoms with Crippen molar-refractivity contribution in [2.45, 2.75) is 33.3 Å². The molecule has 1 aliphatic rings. The molecule has 1 atom stereocenters. The molecule has 1 nitrogen and oxygen atoms in total. The molecular weight excluding hydrogens is 160 g/mol. The van der Waals surface area contributed by atoms with E-state index in [4.69, 9.17) is 4.74 Å². The first-order chi connectivity index (χ1) is 6.36. The number of benzene rings is 1. The lowest BCUT2D eigenvalue weighted by Gasteiger charge is -2.26. The van der Waals surface area contributed by atoms with Gasteiger partial charge in [0.15, 0.2) is 0 Å². The zero-order chi connectivity index (χ0) is 9.68. The number of aryl methyl sites for hydroxylation is 1. The van der Waals surface area contributed by atoms with Crippen molar-refractivity contribution in [3.05, 3.63) is 35.4 Å². The minimum absolute atomic E-state index is 0.385. The molecule has 72 valence electrons. The monoisotopic (exact) mass is 178 g/mol. The highest BCUT2D eigenvalue weighted by Crippen LogP contribution is 2.28. The van der Waals surface area contributed by atoms with Crippen LogP contribution >= 0.6 is 0 Å². The van der Waals surface area contributed by atoms with Gasteiger partial charge in [0.25, 0.3) is 0 Å². The van der Waals surface area contributed by atoms with Crippen molar-refractivity contribution in [2.24, 2.45) is 0 Å². The second-order valence-electron chi connectivity index (χ2n) is 3.06. The second-order valence-corrected chi connectivity index (χ2v) is 3.06. The number of hydrogen-bond acceptors (Lipinski definition) is 1. The van der Waals surface area contributed by atoms with E-state index in [1.807, 2.05) is 13.8 Å². The van der Waals surface area contributed by atoms with E-state index in [1.165, 1.54) is 17.5 Å². The molecule has 1 heteroatoms. The van der Waals surface area contributed by atoms with E-state index in [1.54, 1.807) is 0 Å². The highest BCUT2D eigenvalue weighted by Gasteiger charge is 2.19. The molecule has 1 fully saturated rings. The fourth-order valence-electron chi connectivity index (χ4n) is 1.28. The molecule has 0 saturated carbocycles. The van der Waals surface area contributed by atoms with Gasteiger partial charge in [0.1, 0.15) is 0 Å². The topological polar surface area (TPSA) is 9.23 Å². The van der Waals surface area contributed by atoms with Gasteiger partial charge in [-0.2, -0.15) is 0 Å². The molecule has 1 aliphatic heterocycles. The van der Waals surface area contributed by atoms with E-state index in [0.717, 1.165) is 6.61 Å². The molecule has 13 heavy (non-hydrogen) atoms. The van der Waals surface area contributed by atoms with Crippen LogP contribution in [-0.2, 0) is 4.74 Å². The summed E-state index contributed by atoms with van der Waals surface area (Å²) in [6.45, 7) is 7.03. The second kappa shape index (κ2) is 5.03. The summed E-state index contributed by atoms with van der Waals surface area (Å²) in [5.74, 6) is 0. The van der Waals surface area contributed by atoms with Crippen LogP contribution in [0, 0.1) is 6.92 Å². The molecule has 0 N–H and O–H groups in total. The van der Waals surface area contributed by atoms with E-state index in [9.17, 15) is 0 Å². The summed E-state index contributed by atoms with van der Waals surface area (Å²) in [5, 5.41) is 0. The molecule has 0 spiro atoms. The average Bonchev–Trinajstić information content (AvgIpc) is 2.09. The third-order valence-electron chi connectivity index (χ3n) is 2.15. The third kappa shape index (κ3) is 2.56. The van der Waals surface area contributed by atoms with Gasteiger partial charge in [-0.15, -0.1) is 0 Å². The highest BCUT2D eigenvalue weighted by atomic mass is 16.5. The summed E-state index contributed by atoms with van der Waals surface area (Å²) in [7, 11) is 0. The zero-order valence-electron chi connectivity index (χ0n) is 8.71. The molecule has 1 aromatic rings. The molecule has 0 amide bonds. The van der Waals surface area contributed by atoms with Gasteiger partial charge in [0.05, 0.1) is 12.7 Å². The van der Waals surface area contributed by atoms with Crippen LogP contribution in [-0.4, -0.2) is 6.61 Å². The van der Waals surface area contributed by atoms with Gasteiger partial charge in [0, 0.05) is 6.42 Å². The smallest absolute Gasteiger partial charge is 0.0846 e. The summed E-state index contributed by atoms with van der Waals surface area (Å²) in [6.07, 6.45) is 1.57. The predicted octanol–water partition coefficient (Wildman–Crippen LogP) is 3.48. The Morgan fingerprint density at radius 1 is 1.15 bits per heavy atom. The van der Waals surface area contributed by atoms with E-state index in [2.05, 4.69) is 31.2 Å². The van der Waals surface area contributed by atoms with Crippen LogP contribution in [0.5, 0.6) is 0 Å². The quantitative estimate of drug-likeness (QED) is 0.639. The van der Waals surface area contributed by atoms with E-state index < -0.39 is 0 Å². The van der Waals surface area contributed by atoms with Crippen molar-refractivity contribution < 1.29 is 4.74 Å². The zero-order valence-corrected chi connectivity index (χ0v) is 8.71. The van der Waals surface area contributed by atoms with Crippen molar-refractivity contribution >= 4 is 0 Å². The Balaban J connectivity index is 0.000000396. The first-order valence-electron chi connectivity index (χ1n) is 5.04.